The fraction of sp³-hybridized carbons (Fsp3) is 0.0400. The number of hydrogen-bond acceptors (Lipinski definition) is 5. The van der Waals surface area contributed by atoms with E-state index in [1.165, 1.54) is 16.6 Å². The van der Waals surface area contributed by atoms with Gasteiger partial charge < -0.3 is 4.90 Å². The molecular formula is C25H14BrFN4O2S. The van der Waals surface area contributed by atoms with Gasteiger partial charge in [0.2, 0.25) is 4.96 Å². The molecule has 0 saturated carbocycles. The number of carbonyl (C=O) groups is 1. The first-order valence-corrected chi connectivity index (χ1v) is 12.0. The topological polar surface area (TPSA) is 67.6 Å². The monoisotopic (exact) mass is 532 g/mol. The SMILES string of the molecule is O=C1C(=c2sc3nc(-c4ccc(F)cc4)nn3c2=O)c2cc(Br)ccc2N1Cc1ccccc1. The first kappa shape index (κ1) is 20.9. The lowest BCUT2D eigenvalue weighted by atomic mass is 10.1. The van der Waals surface area contributed by atoms with Crippen molar-refractivity contribution in [2.45, 2.75) is 6.54 Å². The van der Waals surface area contributed by atoms with Gasteiger partial charge in [0.1, 0.15) is 10.3 Å². The Bertz CT molecular complexity index is 1700. The van der Waals surface area contributed by atoms with Crippen LogP contribution in [0.2, 0.25) is 0 Å². The molecule has 0 unspecified atom stereocenters. The fourth-order valence-electron chi connectivity index (χ4n) is 4.05. The number of amides is 1. The maximum absolute atomic E-state index is 13.6. The van der Waals surface area contributed by atoms with Crippen LogP contribution in [0.4, 0.5) is 10.1 Å². The zero-order valence-electron chi connectivity index (χ0n) is 17.4. The first-order chi connectivity index (χ1) is 16.5. The summed E-state index contributed by atoms with van der Waals surface area (Å²) in [5, 5.41) is 4.32. The molecule has 3 aromatic carbocycles. The van der Waals surface area contributed by atoms with Crippen LogP contribution in [0.5, 0.6) is 0 Å². The van der Waals surface area contributed by atoms with Gasteiger partial charge in [-0.15, -0.1) is 5.10 Å². The normalized spacial score (nSPS) is 14.8. The second-order valence-corrected chi connectivity index (χ2v) is 9.68. The summed E-state index contributed by atoms with van der Waals surface area (Å²) in [6.07, 6.45) is 0. The third-order valence-corrected chi connectivity index (χ3v) is 7.17. The van der Waals surface area contributed by atoms with Gasteiger partial charge in [-0.3, -0.25) is 9.59 Å². The molecule has 0 spiro atoms. The van der Waals surface area contributed by atoms with Gasteiger partial charge >= 0.3 is 0 Å². The Labute approximate surface area is 204 Å². The zero-order valence-corrected chi connectivity index (χ0v) is 19.8. The number of carbonyl (C=O) groups excluding carboxylic acids is 1. The van der Waals surface area contributed by atoms with Crippen LogP contribution in [-0.4, -0.2) is 20.5 Å². The van der Waals surface area contributed by atoms with Crippen LogP contribution in [0.15, 0.2) is 82.1 Å². The molecule has 0 bridgehead atoms. The summed E-state index contributed by atoms with van der Waals surface area (Å²) in [7, 11) is 0. The van der Waals surface area contributed by atoms with Gasteiger partial charge in [-0.1, -0.05) is 57.6 Å². The van der Waals surface area contributed by atoms with Crippen LogP contribution in [0.25, 0.3) is 21.9 Å². The molecule has 5 aromatic rings. The minimum Gasteiger partial charge on any atom is -0.303 e. The molecule has 0 radical (unpaired) electrons. The lowest BCUT2D eigenvalue weighted by Gasteiger charge is -2.17. The van der Waals surface area contributed by atoms with Crippen molar-refractivity contribution in [1.29, 1.82) is 0 Å². The smallest absolute Gasteiger partial charge is 0.291 e. The Morgan fingerprint density at radius 1 is 0.971 bits per heavy atom. The number of benzene rings is 3. The molecule has 0 atom stereocenters. The van der Waals surface area contributed by atoms with Gasteiger partial charge in [0.15, 0.2) is 5.82 Å². The molecule has 6 rings (SSSR count). The number of nitrogens with zero attached hydrogens (tertiary/aromatic N) is 4. The van der Waals surface area contributed by atoms with Crippen molar-refractivity contribution in [2.24, 2.45) is 0 Å². The number of hydrogen-bond donors (Lipinski definition) is 0. The highest BCUT2D eigenvalue weighted by molar-refractivity contribution is 9.10. The van der Waals surface area contributed by atoms with Crippen molar-refractivity contribution in [2.75, 3.05) is 4.90 Å². The average molecular weight is 533 g/mol. The maximum Gasteiger partial charge on any atom is 0.291 e. The third-order valence-electron chi connectivity index (χ3n) is 5.65. The minimum atomic E-state index is -0.406. The van der Waals surface area contributed by atoms with Gasteiger partial charge in [0.05, 0.1) is 17.8 Å². The zero-order chi connectivity index (χ0) is 23.4. The molecule has 9 heteroatoms. The standard InChI is InChI=1S/C25H14BrFN4O2S/c26-16-8-11-19-18(12-16)20(23(32)30(19)13-14-4-2-1-3-5-14)21-24(33)31-25(34-21)28-22(29-31)15-6-9-17(27)10-7-15/h1-12H,13H2. The van der Waals surface area contributed by atoms with Crippen LogP contribution in [0.1, 0.15) is 11.1 Å². The summed E-state index contributed by atoms with van der Waals surface area (Å²) >= 11 is 4.61. The number of aromatic nitrogens is 3. The Balaban J connectivity index is 1.52. The Morgan fingerprint density at radius 3 is 2.47 bits per heavy atom. The van der Waals surface area contributed by atoms with E-state index in [4.69, 9.17) is 0 Å². The molecule has 0 saturated heterocycles. The van der Waals surface area contributed by atoms with Crippen molar-refractivity contribution in [3.05, 3.63) is 109 Å². The molecule has 2 aromatic heterocycles. The molecule has 166 valence electrons. The minimum absolute atomic E-state index is 0.239. The highest BCUT2D eigenvalue weighted by Crippen LogP contribution is 2.38. The summed E-state index contributed by atoms with van der Waals surface area (Å²) in [4.78, 5) is 33.4. The van der Waals surface area contributed by atoms with E-state index in [9.17, 15) is 14.0 Å². The molecule has 0 fully saturated rings. The molecule has 1 aliphatic heterocycles. The molecule has 3 heterocycles. The van der Waals surface area contributed by atoms with Crippen molar-refractivity contribution < 1.29 is 9.18 Å². The maximum atomic E-state index is 13.6. The molecule has 0 N–H and O–H groups in total. The molecule has 0 aliphatic carbocycles. The van der Waals surface area contributed by atoms with E-state index in [1.54, 1.807) is 17.0 Å². The predicted octanol–water partition coefficient (Wildman–Crippen LogP) is 4.18. The second kappa shape index (κ2) is 7.96. The van der Waals surface area contributed by atoms with Gasteiger partial charge in [0, 0.05) is 15.6 Å². The summed E-state index contributed by atoms with van der Waals surface area (Å²) in [5.41, 5.74) is 2.97. The quantitative estimate of drug-likeness (QED) is 0.349. The van der Waals surface area contributed by atoms with Crippen LogP contribution >= 0.6 is 27.3 Å². The molecule has 6 nitrogen and oxygen atoms in total. The number of anilines is 1. The highest BCUT2D eigenvalue weighted by Gasteiger charge is 2.34. The molecular weight excluding hydrogens is 519 g/mol. The summed E-state index contributed by atoms with van der Waals surface area (Å²) in [6.45, 7) is 0.390. The van der Waals surface area contributed by atoms with E-state index in [-0.39, 0.29) is 11.7 Å². The van der Waals surface area contributed by atoms with Gasteiger partial charge in [-0.25, -0.2) is 4.39 Å². The van der Waals surface area contributed by atoms with Crippen molar-refractivity contribution in [3.8, 4) is 11.4 Å². The number of halogens is 2. The van der Waals surface area contributed by atoms with Crippen molar-refractivity contribution >= 4 is 49.4 Å². The lowest BCUT2D eigenvalue weighted by Crippen LogP contribution is -2.32. The van der Waals surface area contributed by atoms with Crippen LogP contribution in [0, 0.1) is 5.82 Å². The first-order valence-electron chi connectivity index (χ1n) is 10.3. The summed E-state index contributed by atoms with van der Waals surface area (Å²) in [5.74, 6) is -0.276. The molecule has 1 aliphatic rings. The highest BCUT2D eigenvalue weighted by atomic mass is 79.9. The van der Waals surface area contributed by atoms with Gasteiger partial charge in [0.25, 0.3) is 11.5 Å². The number of rotatable bonds is 3. The van der Waals surface area contributed by atoms with E-state index < -0.39 is 5.56 Å². The van der Waals surface area contributed by atoms with Crippen molar-refractivity contribution in [3.63, 3.8) is 0 Å². The number of fused-ring (bicyclic) bond motifs is 2. The van der Waals surface area contributed by atoms with Gasteiger partial charge in [-0.2, -0.15) is 9.50 Å². The predicted molar refractivity (Wildman–Crippen MR) is 132 cm³/mol. The van der Waals surface area contributed by atoms with E-state index >= 15 is 0 Å². The van der Waals surface area contributed by atoms with E-state index in [2.05, 4.69) is 26.0 Å². The summed E-state index contributed by atoms with van der Waals surface area (Å²) < 4.78 is 15.6. The Hall–Kier alpha value is -3.69. The largest absolute Gasteiger partial charge is 0.303 e. The van der Waals surface area contributed by atoms with E-state index in [1.807, 2.05) is 48.5 Å². The van der Waals surface area contributed by atoms with Crippen LogP contribution < -0.4 is 15.0 Å². The van der Waals surface area contributed by atoms with Crippen molar-refractivity contribution in [1.82, 2.24) is 14.6 Å². The van der Waals surface area contributed by atoms with E-state index in [0.29, 0.717) is 38.6 Å². The molecule has 1 amide bonds. The average Bonchev–Trinajstić information content (AvgIpc) is 3.46. The third kappa shape index (κ3) is 3.36. The molecule has 34 heavy (non-hydrogen) atoms. The second-order valence-electron chi connectivity index (χ2n) is 7.79. The van der Waals surface area contributed by atoms with Gasteiger partial charge in [-0.05, 0) is 48.0 Å². The van der Waals surface area contributed by atoms with E-state index in [0.717, 1.165) is 27.1 Å². The Morgan fingerprint density at radius 2 is 1.74 bits per heavy atom. The van der Waals surface area contributed by atoms with Crippen LogP contribution in [0.3, 0.4) is 0 Å². The number of thiazole rings is 1. The lowest BCUT2D eigenvalue weighted by molar-refractivity contribution is -0.113. The summed E-state index contributed by atoms with van der Waals surface area (Å²) in [6, 6.07) is 21.1. The Kier molecular flexibility index (Phi) is 4.89. The fourth-order valence-corrected chi connectivity index (χ4v) is 5.41. The van der Waals surface area contributed by atoms with Crippen LogP contribution in [-0.2, 0) is 11.3 Å².